The molecule has 0 nitrogen and oxygen atoms in total. The summed E-state index contributed by atoms with van der Waals surface area (Å²) in [4.78, 5) is 0. The van der Waals surface area contributed by atoms with E-state index < -0.39 is 0 Å². The van der Waals surface area contributed by atoms with E-state index in [4.69, 9.17) is 0 Å². The molecule has 1 saturated carbocycles. The van der Waals surface area contributed by atoms with Gasteiger partial charge in [0, 0.05) is 0 Å². The van der Waals surface area contributed by atoms with Crippen LogP contribution in [0.1, 0.15) is 59.8 Å². The predicted molar refractivity (Wildman–Crippen MR) is 55.2 cm³/mol. The van der Waals surface area contributed by atoms with Gasteiger partial charge in [0.25, 0.3) is 0 Å². The largest absolute Gasteiger partial charge is 0.0651 e. The molecule has 0 spiro atoms. The third-order valence-corrected chi connectivity index (χ3v) is 4.47. The van der Waals surface area contributed by atoms with Gasteiger partial charge in [0.2, 0.25) is 0 Å². The zero-order valence-corrected chi connectivity index (χ0v) is 9.19. The smallest absolute Gasteiger partial charge is 0.0275 e. The fraction of sp³-hybridized carbons (Fsp3) is 1.00. The zero-order chi connectivity index (χ0) is 9.19. The summed E-state index contributed by atoms with van der Waals surface area (Å²) in [7, 11) is 0. The first-order chi connectivity index (χ1) is 5.61. The highest BCUT2D eigenvalue weighted by atomic mass is 14.4. The van der Waals surface area contributed by atoms with Gasteiger partial charge >= 0.3 is 0 Å². The lowest BCUT2D eigenvalue weighted by Gasteiger charge is -2.44. The topological polar surface area (TPSA) is 0 Å². The summed E-state index contributed by atoms with van der Waals surface area (Å²) in [5.74, 6) is 1.86. The van der Waals surface area contributed by atoms with Crippen LogP contribution in [0.2, 0.25) is 0 Å². The SMILES string of the molecule is CCC(C)C1(C)CCCCC1C. The molecule has 0 aliphatic heterocycles. The van der Waals surface area contributed by atoms with Gasteiger partial charge in [-0.25, -0.2) is 0 Å². The van der Waals surface area contributed by atoms with Crippen LogP contribution in [0.25, 0.3) is 0 Å². The minimum atomic E-state index is 0.646. The second-order valence-electron chi connectivity index (χ2n) is 4.96. The van der Waals surface area contributed by atoms with Crippen molar-refractivity contribution in [2.75, 3.05) is 0 Å². The van der Waals surface area contributed by atoms with Crippen molar-refractivity contribution in [3.05, 3.63) is 0 Å². The standard InChI is InChI=1S/C12H24/c1-5-10(2)12(4)9-7-6-8-11(12)3/h10-11H,5-9H2,1-4H3. The van der Waals surface area contributed by atoms with Crippen molar-refractivity contribution in [2.45, 2.75) is 59.8 Å². The summed E-state index contributed by atoms with van der Waals surface area (Å²) in [6, 6.07) is 0. The number of rotatable bonds is 2. The molecule has 1 rings (SSSR count). The van der Waals surface area contributed by atoms with Gasteiger partial charge in [-0.15, -0.1) is 0 Å². The average molecular weight is 168 g/mol. The Balaban J connectivity index is 2.65. The molecule has 0 heteroatoms. The zero-order valence-electron chi connectivity index (χ0n) is 9.19. The number of hydrogen-bond donors (Lipinski definition) is 0. The Labute approximate surface area is 77.7 Å². The second-order valence-corrected chi connectivity index (χ2v) is 4.96. The van der Waals surface area contributed by atoms with E-state index in [0.29, 0.717) is 5.41 Å². The van der Waals surface area contributed by atoms with Crippen LogP contribution in [0.5, 0.6) is 0 Å². The Morgan fingerprint density at radius 3 is 2.58 bits per heavy atom. The first-order valence-corrected chi connectivity index (χ1v) is 5.61. The van der Waals surface area contributed by atoms with Crippen molar-refractivity contribution in [3.8, 4) is 0 Å². The monoisotopic (exact) mass is 168 g/mol. The summed E-state index contributed by atoms with van der Waals surface area (Å²) >= 11 is 0. The molecule has 1 aliphatic carbocycles. The van der Waals surface area contributed by atoms with E-state index in [2.05, 4.69) is 27.7 Å². The predicted octanol–water partition coefficient (Wildman–Crippen LogP) is 4.25. The highest BCUT2D eigenvalue weighted by Crippen LogP contribution is 2.47. The fourth-order valence-corrected chi connectivity index (χ4v) is 2.73. The summed E-state index contributed by atoms with van der Waals surface area (Å²) < 4.78 is 0. The Hall–Kier alpha value is 0. The Kier molecular flexibility index (Phi) is 3.20. The van der Waals surface area contributed by atoms with Crippen LogP contribution in [-0.4, -0.2) is 0 Å². The van der Waals surface area contributed by atoms with E-state index in [1.807, 2.05) is 0 Å². The summed E-state index contributed by atoms with van der Waals surface area (Å²) in [6.45, 7) is 9.72. The minimum Gasteiger partial charge on any atom is -0.0651 e. The van der Waals surface area contributed by atoms with Gasteiger partial charge in [-0.2, -0.15) is 0 Å². The Morgan fingerprint density at radius 1 is 1.42 bits per heavy atom. The molecule has 3 unspecified atom stereocenters. The maximum Gasteiger partial charge on any atom is -0.0275 e. The van der Waals surface area contributed by atoms with Crippen LogP contribution in [0.3, 0.4) is 0 Å². The lowest BCUT2D eigenvalue weighted by molar-refractivity contribution is 0.0610. The van der Waals surface area contributed by atoms with Crippen molar-refractivity contribution in [1.82, 2.24) is 0 Å². The van der Waals surface area contributed by atoms with E-state index >= 15 is 0 Å². The van der Waals surface area contributed by atoms with Crippen LogP contribution in [0, 0.1) is 17.3 Å². The van der Waals surface area contributed by atoms with Gasteiger partial charge < -0.3 is 0 Å². The van der Waals surface area contributed by atoms with Crippen molar-refractivity contribution in [1.29, 1.82) is 0 Å². The summed E-state index contributed by atoms with van der Waals surface area (Å²) in [5, 5.41) is 0. The van der Waals surface area contributed by atoms with E-state index in [1.165, 1.54) is 32.1 Å². The molecule has 3 atom stereocenters. The molecule has 0 radical (unpaired) electrons. The Morgan fingerprint density at radius 2 is 2.08 bits per heavy atom. The van der Waals surface area contributed by atoms with E-state index in [-0.39, 0.29) is 0 Å². The van der Waals surface area contributed by atoms with Gasteiger partial charge in [-0.05, 0) is 23.7 Å². The maximum atomic E-state index is 2.50. The lowest BCUT2D eigenvalue weighted by atomic mass is 9.61. The molecule has 0 aromatic carbocycles. The van der Waals surface area contributed by atoms with Crippen LogP contribution in [0.15, 0.2) is 0 Å². The van der Waals surface area contributed by atoms with Gasteiger partial charge in [-0.3, -0.25) is 0 Å². The highest BCUT2D eigenvalue weighted by molar-refractivity contribution is 4.87. The summed E-state index contributed by atoms with van der Waals surface area (Å²) in [5.41, 5.74) is 0.646. The van der Waals surface area contributed by atoms with E-state index in [1.54, 1.807) is 0 Å². The lowest BCUT2D eigenvalue weighted by Crippen LogP contribution is -2.34. The average Bonchev–Trinajstić information content (AvgIpc) is 2.09. The number of hydrogen-bond acceptors (Lipinski definition) is 0. The van der Waals surface area contributed by atoms with Crippen LogP contribution in [0.4, 0.5) is 0 Å². The molecule has 0 amide bonds. The maximum absolute atomic E-state index is 2.50. The summed E-state index contributed by atoms with van der Waals surface area (Å²) in [6.07, 6.45) is 7.20. The molecule has 0 saturated heterocycles. The quantitative estimate of drug-likeness (QED) is 0.578. The van der Waals surface area contributed by atoms with Crippen molar-refractivity contribution in [2.24, 2.45) is 17.3 Å². The van der Waals surface area contributed by atoms with Crippen LogP contribution in [-0.2, 0) is 0 Å². The molecule has 0 heterocycles. The van der Waals surface area contributed by atoms with Crippen LogP contribution >= 0.6 is 0 Å². The molecule has 0 bridgehead atoms. The van der Waals surface area contributed by atoms with Crippen molar-refractivity contribution < 1.29 is 0 Å². The molecule has 1 aliphatic rings. The first kappa shape index (κ1) is 10.1. The van der Waals surface area contributed by atoms with Gasteiger partial charge in [0.1, 0.15) is 0 Å². The molecule has 72 valence electrons. The van der Waals surface area contributed by atoms with Crippen LogP contribution < -0.4 is 0 Å². The third-order valence-electron chi connectivity index (χ3n) is 4.47. The van der Waals surface area contributed by atoms with Gasteiger partial charge in [-0.1, -0.05) is 53.4 Å². The fourth-order valence-electron chi connectivity index (χ4n) is 2.73. The van der Waals surface area contributed by atoms with Crippen molar-refractivity contribution in [3.63, 3.8) is 0 Å². The molecule has 0 aromatic heterocycles. The minimum absolute atomic E-state index is 0.646. The third kappa shape index (κ3) is 1.67. The normalized spacial score (nSPS) is 39.5. The van der Waals surface area contributed by atoms with Gasteiger partial charge in [0.05, 0.1) is 0 Å². The molecular weight excluding hydrogens is 144 g/mol. The molecule has 0 N–H and O–H groups in total. The molecule has 12 heavy (non-hydrogen) atoms. The first-order valence-electron chi connectivity index (χ1n) is 5.61. The van der Waals surface area contributed by atoms with Crippen molar-refractivity contribution >= 4 is 0 Å². The molecule has 0 aromatic rings. The highest BCUT2D eigenvalue weighted by Gasteiger charge is 2.37. The van der Waals surface area contributed by atoms with E-state index in [0.717, 1.165) is 11.8 Å². The van der Waals surface area contributed by atoms with E-state index in [9.17, 15) is 0 Å². The molecular formula is C12H24. The Bertz CT molecular complexity index is 133. The molecule has 1 fully saturated rings. The van der Waals surface area contributed by atoms with Gasteiger partial charge in [0.15, 0.2) is 0 Å². The second kappa shape index (κ2) is 3.81.